The zero-order chi connectivity index (χ0) is 25.2. The molecule has 0 fully saturated rings. The van der Waals surface area contributed by atoms with E-state index in [0.717, 1.165) is 21.6 Å². The molecule has 0 radical (unpaired) electrons. The quantitative estimate of drug-likeness (QED) is 0.306. The standard InChI is InChI=1S/C26H28N4O4S/c27-23(31)12-13-24(32)29-22(16-20-7-4-14-35-20)26(34)30-21(25(28)33)15-17-8-10-19(11-9-17)18-5-2-1-3-6-18/h1-11,14,21-22H,12-13,15-16H2,(H2,27,31)(H2,28,33)(H,29,32)(H,30,34)/t21-,22+/m0/s1. The molecule has 1 heterocycles. The van der Waals surface area contributed by atoms with E-state index in [2.05, 4.69) is 10.6 Å². The van der Waals surface area contributed by atoms with Crippen molar-refractivity contribution in [3.05, 3.63) is 82.6 Å². The van der Waals surface area contributed by atoms with Crippen LogP contribution in [0.15, 0.2) is 72.1 Å². The highest BCUT2D eigenvalue weighted by Crippen LogP contribution is 2.20. The number of hydrogen-bond donors (Lipinski definition) is 4. The molecule has 35 heavy (non-hydrogen) atoms. The first kappa shape index (κ1) is 25.6. The summed E-state index contributed by atoms with van der Waals surface area (Å²) in [4.78, 5) is 49.3. The Balaban J connectivity index is 1.68. The third-order valence-corrected chi connectivity index (χ3v) is 6.30. The molecular formula is C26H28N4O4S. The van der Waals surface area contributed by atoms with Crippen LogP contribution >= 0.6 is 11.3 Å². The lowest BCUT2D eigenvalue weighted by molar-refractivity contribution is -0.131. The summed E-state index contributed by atoms with van der Waals surface area (Å²) in [6, 6.07) is 19.3. The smallest absolute Gasteiger partial charge is 0.243 e. The van der Waals surface area contributed by atoms with Gasteiger partial charge < -0.3 is 22.1 Å². The number of hydrogen-bond acceptors (Lipinski definition) is 5. The Kier molecular flexibility index (Phi) is 9.14. The van der Waals surface area contributed by atoms with E-state index in [1.54, 1.807) is 0 Å². The SMILES string of the molecule is NC(=O)CCC(=O)N[C@H](Cc1cccs1)C(=O)N[C@@H](Cc1ccc(-c2ccccc2)cc1)C(N)=O. The summed E-state index contributed by atoms with van der Waals surface area (Å²) in [6.07, 6.45) is 0.194. The van der Waals surface area contributed by atoms with Crippen molar-refractivity contribution in [2.75, 3.05) is 0 Å². The van der Waals surface area contributed by atoms with Gasteiger partial charge in [-0.25, -0.2) is 0 Å². The van der Waals surface area contributed by atoms with Crippen LogP contribution in [0.1, 0.15) is 23.3 Å². The zero-order valence-corrected chi connectivity index (χ0v) is 19.9. The number of benzene rings is 2. The summed E-state index contributed by atoms with van der Waals surface area (Å²) in [5, 5.41) is 7.18. The van der Waals surface area contributed by atoms with Crippen LogP contribution in [-0.2, 0) is 32.0 Å². The van der Waals surface area contributed by atoms with E-state index in [-0.39, 0.29) is 25.7 Å². The number of nitrogens with two attached hydrogens (primary N) is 2. The molecular weight excluding hydrogens is 464 g/mol. The van der Waals surface area contributed by atoms with Gasteiger partial charge in [0, 0.05) is 30.6 Å². The minimum absolute atomic E-state index is 0.123. The normalized spacial score (nSPS) is 12.3. The second-order valence-electron chi connectivity index (χ2n) is 8.10. The van der Waals surface area contributed by atoms with Crippen LogP contribution in [0.5, 0.6) is 0 Å². The molecule has 0 spiro atoms. The van der Waals surface area contributed by atoms with E-state index in [1.807, 2.05) is 72.1 Å². The van der Waals surface area contributed by atoms with Crippen LogP contribution in [0.25, 0.3) is 11.1 Å². The van der Waals surface area contributed by atoms with E-state index >= 15 is 0 Å². The number of carbonyl (C=O) groups excluding carboxylic acids is 4. The van der Waals surface area contributed by atoms with E-state index in [0.29, 0.717) is 0 Å². The Morgan fingerprint density at radius 3 is 2.03 bits per heavy atom. The molecule has 3 rings (SSSR count). The van der Waals surface area contributed by atoms with Gasteiger partial charge in [-0.05, 0) is 28.1 Å². The van der Waals surface area contributed by atoms with E-state index < -0.39 is 35.7 Å². The van der Waals surface area contributed by atoms with Gasteiger partial charge in [0.15, 0.2) is 0 Å². The predicted octanol–water partition coefficient (Wildman–Crippen LogP) is 1.92. The van der Waals surface area contributed by atoms with Crippen molar-refractivity contribution in [1.82, 2.24) is 10.6 Å². The molecule has 6 N–H and O–H groups in total. The summed E-state index contributed by atoms with van der Waals surface area (Å²) in [6.45, 7) is 0. The summed E-state index contributed by atoms with van der Waals surface area (Å²) in [5.41, 5.74) is 13.6. The second-order valence-corrected chi connectivity index (χ2v) is 9.13. The first-order valence-corrected chi connectivity index (χ1v) is 12.0. The van der Waals surface area contributed by atoms with Crippen molar-refractivity contribution in [3.8, 4) is 11.1 Å². The Morgan fingerprint density at radius 1 is 0.743 bits per heavy atom. The van der Waals surface area contributed by atoms with Gasteiger partial charge in [0.25, 0.3) is 0 Å². The van der Waals surface area contributed by atoms with Gasteiger partial charge in [0.2, 0.25) is 23.6 Å². The van der Waals surface area contributed by atoms with Gasteiger partial charge in [0.1, 0.15) is 12.1 Å². The maximum Gasteiger partial charge on any atom is 0.243 e. The molecule has 3 aromatic rings. The molecule has 2 aromatic carbocycles. The lowest BCUT2D eigenvalue weighted by atomic mass is 10.00. The zero-order valence-electron chi connectivity index (χ0n) is 19.1. The van der Waals surface area contributed by atoms with Crippen molar-refractivity contribution in [1.29, 1.82) is 0 Å². The van der Waals surface area contributed by atoms with E-state index in [1.165, 1.54) is 11.3 Å². The fourth-order valence-electron chi connectivity index (χ4n) is 3.54. The molecule has 0 aliphatic rings. The van der Waals surface area contributed by atoms with Gasteiger partial charge in [-0.2, -0.15) is 0 Å². The maximum atomic E-state index is 13.1. The van der Waals surface area contributed by atoms with Crippen LogP contribution in [0.3, 0.4) is 0 Å². The number of carbonyl (C=O) groups is 4. The highest BCUT2D eigenvalue weighted by Gasteiger charge is 2.26. The first-order chi connectivity index (χ1) is 16.8. The Hall–Kier alpha value is -3.98. The number of rotatable bonds is 12. The maximum absolute atomic E-state index is 13.1. The number of thiophene rings is 1. The van der Waals surface area contributed by atoms with Crippen LogP contribution in [-0.4, -0.2) is 35.7 Å². The molecule has 182 valence electrons. The van der Waals surface area contributed by atoms with Crippen molar-refractivity contribution >= 4 is 35.0 Å². The average molecular weight is 493 g/mol. The Morgan fingerprint density at radius 2 is 1.43 bits per heavy atom. The molecule has 1 aromatic heterocycles. The molecule has 0 saturated heterocycles. The number of amides is 4. The van der Waals surface area contributed by atoms with Gasteiger partial charge in [0.05, 0.1) is 0 Å². The molecule has 0 aliphatic carbocycles. The van der Waals surface area contributed by atoms with Gasteiger partial charge in [-0.15, -0.1) is 11.3 Å². The van der Waals surface area contributed by atoms with Gasteiger partial charge in [-0.3, -0.25) is 19.2 Å². The molecule has 0 bridgehead atoms. The van der Waals surface area contributed by atoms with E-state index in [9.17, 15) is 19.2 Å². The van der Waals surface area contributed by atoms with Crippen LogP contribution < -0.4 is 22.1 Å². The Labute approximate surface area is 207 Å². The monoisotopic (exact) mass is 492 g/mol. The molecule has 9 heteroatoms. The third kappa shape index (κ3) is 8.08. The molecule has 4 amide bonds. The summed E-state index contributed by atoms with van der Waals surface area (Å²) >= 11 is 1.44. The number of primary amides is 2. The predicted molar refractivity (Wildman–Crippen MR) is 135 cm³/mol. The third-order valence-electron chi connectivity index (χ3n) is 5.40. The lowest BCUT2D eigenvalue weighted by Gasteiger charge is -2.22. The van der Waals surface area contributed by atoms with Crippen molar-refractivity contribution in [3.63, 3.8) is 0 Å². The highest BCUT2D eigenvalue weighted by atomic mass is 32.1. The summed E-state index contributed by atoms with van der Waals surface area (Å²) in [5.74, 6) is -2.30. The highest BCUT2D eigenvalue weighted by molar-refractivity contribution is 7.09. The second kappa shape index (κ2) is 12.5. The molecule has 8 nitrogen and oxygen atoms in total. The minimum atomic E-state index is -0.960. The van der Waals surface area contributed by atoms with Crippen LogP contribution in [0.4, 0.5) is 0 Å². The van der Waals surface area contributed by atoms with Crippen LogP contribution in [0, 0.1) is 0 Å². The Bertz CT molecular complexity index is 1150. The van der Waals surface area contributed by atoms with E-state index in [4.69, 9.17) is 11.5 Å². The minimum Gasteiger partial charge on any atom is -0.370 e. The summed E-state index contributed by atoms with van der Waals surface area (Å²) in [7, 11) is 0. The van der Waals surface area contributed by atoms with Crippen molar-refractivity contribution in [2.24, 2.45) is 11.5 Å². The average Bonchev–Trinajstić information content (AvgIpc) is 3.36. The van der Waals surface area contributed by atoms with Crippen LogP contribution in [0.2, 0.25) is 0 Å². The topological polar surface area (TPSA) is 144 Å². The molecule has 0 unspecified atom stereocenters. The molecule has 0 saturated carbocycles. The fraction of sp³-hybridized carbons (Fsp3) is 0.231. The first-order valence-electron chi connectivity index (χ1n) is 11.2. The van der Waals surface area contributed by atoms with Gasteiger partial charge >= 0.3 is 0 Å². The van der Waals surface area contributed by atoms with Crippen molar-refractivity contribution in [2.45, 2.75) is 37.8 Å². The lowest BCUT2D eigenvalue weighted by Crippen LogP contribution is -2.54. The van der Waals surface area contributed by atoms with Crippen molar-refractivity contribution < 1.29 is 19.2 Å². The fourth-order valence-corrected chi connectivity index (χ4v) is 4.29. The largest absolute Gasteiger partial charge is 0.370 e. The number of nitrogens with one attached hydrogen (secondary N) is 2. The summed E-state index contributed by atoms with van der Waals surface area (Å²) < 4.78 is 0. The van der Waals surface area contributed by atoms with Gasteiger partial charge in [-0.1, -0.05) is 60.7 Å². The molecule has 0 aliphatic heterocycles. The molecule has 2 atom stereocenters.